The molecule has 0 aliphatic carbocycles. The van der Waals surface area contributed by atoms with Gasteiger partial charge in [0.25, 0.3) is 0 Å². The SMILES string of the molecule is O=C(CN1CCOC(c2ccc(Cl)c(Cl)c2)C1)Nc1nc2ccccc2s1. The number of thiazole rings is 1. The molecule has 5 nitrogen and oxygen atoms in total. The van der Waals surface area contributed by atoms with Gasteiger partial charge < -0.3 is 10.1 Å². The van der Waals surface area contributed by atoms with E-state index in [9.17, 15) is 4.79 Å². The smallest absolute Gasteiger partial charge is 0.240 e. The van der Waals surface area contributed by atoms with Crippen molar-refractivity contribution < 1.29 is 9.53 Å². The van der Waals surface area contributed by atoms with E-state index in [1.165, 1.54) is 11.3 Å². The number of fused-ring (bicyclic) bond motifs is 1. The summed E-state index contributed by atoms with van der Waals surface area (Å²) in [4.78, 5) is 18.9. The predicted molar refractivity (Wildman–Crippen MR) is 110 cm³/mol. The van der Waals surface area contributed by atoms with Gasteiger partial charge in [0.1, 0.15) is 0 Å². The highest BCUT2D eigenvalue weighted by Crippen LogP contribution is 2.29. The van der Waals surface area contributed by atoms with Crippen LogP contribution >= 0.6 is 34.5 Å². The fourth-order valence-corrected chi connectivity index (χ4v) is 4.24. The Morgan fingerprint density at radius 2 is 2.11 bits per heavy atom. The van der Waals surface area contributed by atoms with Crippen LogP contribution in [0.1, 0.15) is 11.7 Å². The molecule has 1 fully saturated rings. The van der Waals surface area contributed by atoms with Gasteiger partial charge in [0.05, 0.1) is 39.5 Å². The highest BCUT2D eigenvalue weighted by molar-refractivity contribution is 7.22. The molecule has 27 heavy (non-hydrogen) atoms. The molecule has 0 bridgehead atoms. The average molecular weight is 422 g/mol. The Hall–Kier alpha value is -1.70. The molecule has 0 saturated carbocycles. The summed E-state index contributed by atoms with van der Waals surface area (Å²) < 4.78 is 6.90. The topological polar surface area (TPSA) is 54.5 Å². The number of aromatic nitrogens is 1. The molecule has 140 valence electrons. The summed E-state index contributed by atoms with van der Waals surface area (Å²) in [5, 5.41) is 4.54. The first-order chi connectivity index (χ1) is 13.1. The minimum Gasteiger partial charge on any atom is -0.371 e. The molecule has 1 aromatic heterocycles. The molecule has 1 atom stereocenters. The number of nitrogens with one attached hydrogen (secondary N) is 1. The number of halogens is 2. The van der Waals surface area contributed by atoms with Gasteiger partial charge in [0, 0.05) is 13.1 Å². The lowest BCUT2D eigenvalue weighted by atomic mass is 10.1. The summed E-state index contributed by atoms with van der Waals surface area (Å²) in [7, 11) is 0. The Labute approximate surface area is 170 Å². The van der Waals surface area contributed by atoms with E-state index in [1.807, 2.05) is 36.4 Å². The van der Waals surface area contributed by atoms with Gasteiger partial charge >= 0.3 is 0 Å². The van der Waals surface area contributed by atoms with Crippen LogP contribution in [-0.4, -0.2) is 42.0 Å². The maximum atomic E-state index is 12.4. The van der Waals surface area contributed by atoms with Crippen LogP contribution in [-0.2, 0) is 9.53 Å². The van der Waals surface area contributed by atoms with Crippen LogP contribution < -0.4 is 5.32 Å². The second-order valence-electron chi connectivity index (χ2n) is 6.30. The number of hydrogen-bond acceptors (Lipinski definition) is 5. The number of hydrogen-bond donors (Lipinski definition) is 1. The first-order valence-electron chi connectivity index (χ1n) is 8.53. The first-order valence-corrected chi connectivity index (χ1v) is 10.1. The largest absolute Gasteiger partial charge is 0.371 e. The fourth-order valence-electron chi connectivity index (χ4n) is 3.05. The molecule has 2 aromatic carbocycles. The molecule has 1 aliphatic rings. The van der Waals surface area contributed by atoms with Gasteiger partial charge in [-0.15, -0.1) is 0 Å². The lowest BCUT2D eigenvalue weighted by molar-refractivity contribution is -0.119. The Kier molecular flexibility index (Phi) is 5.61. The van der Waals surface area contributed by atoms with E-state index in [2.05, 4.69) is 15.2 Å². The van der Waals surface area contributed by atoms with E-state index in [0.29, 0.717) is 34.9 Å². The van der Waals surface area contributed by atoms with Gasteiger partial charge in [-0.3, -0.25) is 9.69 Å². The van der Waals surface area contributed by atoms with Crippen LogP contribution in [0.15, 0.2) is 42.5 Å². The van der Waals surface area contributed by atoms with Gasteiger partial charge in [0.2, 0.25) is 5.91 Å². The third-order valence-corrected chi connectivity index (χ3v) is 6.06. The van der Waals surface area contributed by atoms with E-state index in [1.54, 1.807) is 6.07 Å². The van der Waals surface area contributed by atoms with Crippen molar-refractivity contribution in [2.75, 3.05) is 31.6 Å². The van der Waals surface area contributed by atoms with Gasteiger partial charge in [0.15, 0.2) is 5.13 Å². The molecule has 0 radical (unpaired) electrons. The van der Waals surface area contributed by atoms with Crippen molar-refractivity contribution in [1.82, 2.24) is 9.88 Å². The van der Waals surface area contributed by atoms with Crippen molar-refractivity contribution in [2.24, 2.45) is 0 Å². The number of carbonyl (C=O) groups excluding carboxylic acids is 1. The van der Waals surface area contributed by atoms with E-state index < -0.39 is 0 Å². The van der Waals surface area contributed by atoms with Crippen molar-refractivity contribution in [3.05, 3.63) is 58.1 Å². The molecule has 2 heterocycles. The number of anilines is 1. The number of morpholine rings is 1. The predicted octanol–water partition coefficient (Wildman–Crippen LogP) is 4.62. The summed E-state index contributed by atoms with van der Waals surface area (Å²) in [6.45, 7) is 2.16. The zero-order valence-corrected chi connectivity index (χ0v) is 16.7. The molecular formula is C19H17Cl2N3O2S. The van der Waals surface area contributed by atoms with Crippen molar-refractivity contribution in [3.63, 3.8) is 0 Å². The molecule has 3 aromatic rings. The monoisotopic (exact) mass is 421 g/mol. The molecule has 8 heteroatoms. The molecule has 0 spiro atoms. The highest BCUT2D eigenvalue weighted by atomic mass is 35.5. The zero-order valence-electron chi connectivity index (χ0n) is 14.3. The molecule has 1 aliphatic heterocycles. The zero-order chi connectivity index (χ0) is 18.8. The summed E-state index contributed by atoms with van der Waals surface area (Å²) >= 11 is 13.6. The third kappa shape index (κ3) is 4.42. The van der Waals surface area contributed by atoms with Crippen LogP contribution in [0.2, 0.25) is 10.0 Å². The van der Waals surface area contributed by atoms with E-state index in [4.69, 9.17) is 27.9 Å². The van der Waals surface area contributed by atoms with Crippen LogP contribution in [0.4, 0.5) is 5.13 Å². The third-order valence-electron chi connectivity index (χ3n) is 4.37. The van der Waals surface area contributed by atoms with E-state index in [-0.39, 0.29) is 18.6 Å². The molecule has 1 saturated heterocycles. The van der Waals surface area contributed by atoms with Crippen molar-refractivity contribution in [3.8, 4) is 0 Å². The molecule has 4 rings (SSSR count). The van der Waals surface area contributed by atoms with Crippen molar-refractivity contribution >= 4 is 55.8 Å². The molecular weight excluding hydrogens is 405 g/mol. The van der Waals surface area contributed by atoms with Crippen molar-refractivity contribution in [1.29, 1.82) is 0 Å². The van der Waals surface area contributed by atoms with Gasteiger partial charge in [-0.25, -0.2) is 4.98 Å². The highest BCUT2D eigenvalue weighted by Gasteiger charge is 2.24. The molecule has 1 unspecified atom stereocenters. The van der Waals surface area contributed by atoms with Crippen LogP contribution in [0.3, 0.4) is 0 Å². The van der Waals surface area contributed by atoms with Gasteiger partial charge in [-0.1, -0.05) is 52.7 Å². The Morgan fingerprint density at radius 1 is 1.26 bits per heavy atom. The van der Waals surface area contributed by atoms with E-state index in [0.717, 1.165) is 15.8 Å². The lowest BCUT2D eigenvalue weighted by Crippen LogP contribution is -2.42. The van der Waals surface area contributed by atoms with E-state index >= 15 is 0 Å². The summed E-state index contributed by atoms with van der Waals surface area (Å²) in [5.74, 6) is -0.0798. The van der Waals surface area contributed by atoms with Gasteiger partial charge in [-0.05, 0) is 29.8 Å². The Balaban J connectivity index is 1.38. The maximum Gasteiger partial charge on any atom is 0.240 e. The number of ether oxygens (including phenoxy) is 1. The minimum absolute atomic E-state index is 0.0798. The van der Waals surface area contributed by atoms with Crippen LogP contribution in [0.5, 0.6) is 0 Å². The second kappa shape index (κ2) is 8.12. The molecule has 1 N–H and O–H groups in total. The summed E-state index contributed by atoms with van der Waals surface area (Å²) in [6, 6.07) is 13.3. The normalized spacial score (nSPS) is 17.9. The standard InChI is InChI=1S/C19H17Cl2N3O2S/c20-13-6-5-12(9-14(13)21)16-10-24(7-8-26-16)11-18(25)23-19-22-15-3-1-2-4-17(15)27-19/h1-6,9,16H,7-8,10-11H2,(H,22,23,25). The first kappa shape index (κ1) is 18.7. The number of benzene rings is 2. The summed E-state index contributed by atoms with van der Waals surface area (Å²) in [6.07, 6.45) is -0.135. The lowest BCUT2D eigenvalue weighted by Gasteiger charge is -2.32. The number of amides is 1. The average Bonchev–Trinajstić information content (AvgIpc) is 3.06. The fraction of sp³-hybridized carbons (Fsp3) is 0.263. The number of rotatable bonds is 4. The number of carbonyl (C=O) groups is 1. The summed E-state index contributed by atoms with van der Waals surface area (Å²) in [5.41, 5.74) is 1.85. The van der Waals surface area contributed by atoms with Crippen molar-refractivity contribution in [2.45, 2.75) is 6.10 Å². The van der Waals surface area contributed by atoms with Crippen LogP contribution in [0, 0.1) is 0 Å². The minimum atomic E-state index is -0.135. The second-order valence-corrected chi connectivity index (χ2v) is 8.15. The number of para-hydroxylation sites is 1. The Morgan fingerprint density at radius 3 is 2.93 bits per heavy atom. The molecule has 1 amide bonds. The maximum absolute atomic E-state index is 12.4. The quantitative estimate of drug-likeness (QED) is 0.667. The van der Waals surface area contributed by atoms with Gasteiger partial charge in [-0.2, -0.15) is 0 Å². The van der Waals surface area contributed by atoms with Crippen LogP contribution in [0.25, 0.3) is 10.2 Å². The number of nitrogens with zero attached hydrogens (tertiary/aromatic N) is 2. The Bertz CT molecular complexity index is 945.